The van der Waals surface area contributed by atoms with E-state index in [2.05, 4.69) is 27.1 Å². The van der Waals surface area contributed by atoms with Crippen LogP contribution in [0.3, 0.4) is 0 Å². The molecule has 0 radical (unpaired) electrons. The minimum absolute atomic E-state index is 0. The second kappa shape index (κ2) is 11.6. The van der Waals surface area contributed by atoms with E-state index in [4.69, 9.17) is 0 Å². The quantitative estimate of drug-likeness (QED) is 0.318. The molecule has 0 saturated carbocycles. The fourth-order valence-electron chi connectivity index (χ4n) is 2.35. The van der Waals surface area contributed by atoms with Gasteiger partial charge in [-0.05, 0) is 36.4 Å². The van der Waals surface area contributed by atoms with E-state index in [1.807, 2.05) is 19.1 Å². The Bertz CT molecular complexity index is 822. The van der Waals surface area contributed by atoms with Crippen molar-refractivity contribution in [3.05, 3.63) is 52.2 Å². The molecular formula is C18H27IN4O2S2. The number of rotatable bonds is 8. The number of hydrogen-bond acceptors (Lipinski definition) is 4. The molecule has 0 aliphatic carbocycles. The van der Waals surface area contributed by atoms with E-state index < -0.39 is 10.0 Å². The van der Waals surface area contributed by atoms with Gasteiger partial charge in [0.25, 0.3) is 0 Å². The van der Waals surface area contributed by atoms with Gasteiger partial charge in [-0.25, -0.2) is 17.7 Å². The van der Waals surface area contributed by atoms with E-state index in [9.17, 15) is 8.42 Å². The minimum atomic E-state index is -3.49. The van der Waals surface area contributed by atoms with Crippen molar-refractivity contribution < 1.29 is 8.42 Å². The largest absolute Gasteiger partial charge is 0.357 e. The van der Waals surface area contributed by atoms with Gasteiger partial charge in [-0.2, -0.15) is 0 Å². The maximum Gasteiger partial charge on any atom is 0.242 e. The van der Waals surface area contributed by atoms with Gasteiger partial charge in [-0.3, -0.25) is 0 Å². The molecule has 1 heterocycles. The second-order valence-corrected chi connectivity index (χ2v) is 9.00. The number of halogens is 1. The molecule has 0 saturated heterocycles. The van der Waals surface area contributed by atoms with Crippen LogP contribution in [0.25, 0.3) is 0 Å². The zero-order chi connectivity index (χ0) is 19.0. The summed E-state index contributed by atoms with van der Waals surface area (Å²) in [6.45, 7) is 3.80. The first-order valence-electron chi connectivity index (χ1n) is 8.50. The van der Waals surface area contributed by atoms with Crippen molar-refractivity contribution >= 4 is 51.3 Å². The molecule has 0 aliphatic heterocycles. The molecule has 0 aliphatic rings. The zero-order valence-corrected chi connectivity index (χ0v) is 19.8. The van der Waals surface area contributed by atoms with Crippen LogP contribution >= 0.6 is 35.3 Å². The van der Waals surface area contributed by atoms with Crippen LogP contribution in [0.4, 0.5) is 0 Å². The lowest BCUT2D eigenvalue weighted by Crippen LogP contribution is -2.38. The second-order valence-electron chi connectivity index (χ2n) is 5.85. The molecule has 9 heteroatoms. The van der Waals surface area contributed by atoms with Gasteiger partial charge >= 0.3 is 0 Å². The maximum atomic E-state index is 12.5. The van der Waals surface area contributed by atoms with Crippen LogP contribution in [0, 0.1) is 0 Å². The van der Waals surface area contributed by atoms with Gasteiger partial charge in [0, 0.05) is 32.1 Å². The van der Waals surface area contributed by atoms with Gasteiger partial charge in [-0.1, -0.05) is 24.3 Å². The monoisotopic (exact) mass is 522 g/mol. The van der Waals surface area contributed by atoms with Crippen LogP contribution < -0.4 is 10.6 Å². The highest BCUT2D eigenvalue weighted by Gasteiger charge is 2.20. The molecule has 0 spiro atoms. The smallest absolute Gasteiger partial charge is 0.242 e. The lowest BCUT2D eigenvalue weighted by Gasteiger charge is -2.15. The van der Waals surface area contributed by atoms with Crippen molar-refractivity contribution in [3.8, 4) is 0 Å². The van der Waals surface area contributed by atoms with Crippen LogP contribution in [0.5, 0.6) is 0 Å². The third-order valence-electron chi connectivity index (χ3n) is 3.73. The Labute approximate surface area is 183 Å². The van der Waals surface area contributed by atoms with E-state index in [1.165, 1.54) is 23.3 Å². The lowest BCUT2D eigenvalue weighted by molar-refractivity contribution is 0.519. The third-order valence-corrected chi connectivity index (χ3v) is 6.58. The molecule has 2 aromatic rings. The summed E-state index contributed by atoms with van der Waals surface area (Å²) in [6, 6.07) is 11.1. The Morgan fingerprint density at radius 1 is 1.15 bits per heavy atom. The standard InChI is InChI=1S/C18H26N4O2S2.HI/c1-4-19-18(20-12-11-16-9-7-13-25-16)21-14-15-8-5-6-10-17(15)26(23,24)22(2)3;/h5-10,13H,4,11-12,14H2,1-3H3,(H2,19,20,21);1H. The first-order chi connectivity index (χ1) is 12.4. The summed E-state index contributed by atoms with van der Waals surface area (Å²) in [6.07, 6.45) is 0.924. The summed E-state index contributed by atoms with van der Waals surface area (Å²) in [7, 11) is -0.423. The highest BCUT2D eigenvalue weighted by atomic mass is 127. The van der Waals surface area contributed by atoms with E-state index in [0.29, 0.717) is 16.4 Å². The average Bonchev–Trinajstić information content (AvgIpc) is 3.13. The molecular weight excluding hydrogens is 495 g/mol. The molecule has 0 amide bonds. The van der Waals surface area contributed by atoms with Crippen LogP contribution in [-0.2, 0) is 23.0 Å². The number of thiophene rings is 1. The molecule has 0 bridgehead atoms. The van der Waals surface area contributed by atoms with Crippen molar-refractivity contribution in [3.63, 3.8) is 0 Å². The predicted molar refractivity (Wildman–Crippen MR) is 124 cm³/mol. The molecule has 2 rings (SSSR count). The molecule has 0 fully saturated rings. The molecule has 0 atom stereocenters. The van der Waals surface area contributed by atoms with Gasteiger partial charge in [0.1, 0.15) is 0 Å². The number of nitrogens with zero attached hydrogens (tertiary/aromatic N) is 2. The molecule has 150 valence electrons. The van der Waals surface area contributed by atoms with E-state index >= 15 is 0 Å². The van der Waals surface area contributed by atoms with Crippen molar-refractivity contribution in [1.29, 1.82) is 0 Å². The first kappa shape index (κ1) is 23.9. The Hall–Kier alpha value is -1.17. The Morgan fingerprint density at radius 3 is 2.52 bits per heavy atom. The van der Waals surface area contributed by atoms with Gasteiger partial charge in [-0.15, -0.1) is 35.3 Å². The highest BCUT2D eigenvalue weighted by Crippen LogP contribution is 2.19. The van der Waals surface area contributed by atoms with Crippen LogP contribution in [-0.4, -0.2) is 45.9 Å². The fourth-order valence-corrected chi connectivity index (χ4v) is 4.16. The number of nitrogens with one attached hydrogen (secondary N) is 2. The van der Waals surface area contributed by atoms with Gasteiger partial charge < -0.3 is 10.6 Å². The topological polar surface area (TPSA) is 73.8 Å². The lowest BCUT2D eigenvalue weighted by atomic mass is 10.2. The number of sulfonamides is 1. The van der Waals surface area contributed by atoms with Crippen LogP contribution in [0.1, 0.15) is 17.4 Å². The summed E-state index contributed by atoms with van der Waals surface area (Å²) < 4.78 is 26.2. The molecule has 1 aromatic heterocycles. The van der Waals surface area contributed by atoms with Gasteiger partial charge in [0.2, 0.25) is 10.0 Å². The number of hydrogen-bond donors (Lipinski definition) is 2. The number of guanidine groups is 1. The number of benzene rings is 1. The molecule has 1 aromatic carbocycles. The van der Waals surface area contributed by atoms with Crippen molar-refractivity contribution in [2.24, 2.45) is 4.99 Å². The zero-order valence-electron chi connectivity index (χ0n) is 15.8. The summed E-state index contributed by atoms with van der Waals surface area (Å²) in [4.78, 5) is 6.16. The Morgan fingerprint density at radius 2 is 1.89 bits per heavy atom. The SMILES string of the molecule is CCNC(=NCc1ccccc1S(=O)(=O)N(C)C)NCCc1cccs1.I. The molecule has 6 nitrogen and oxygen atoms in total. The van der Waals surface area contributed by atoms with Crippen molar-refractivity contribution in [2.45, 2.75) is 24.8 Å². The Kier molecular flexibility index (Phi) is 10.3. The van der Waals surface area contributed by atoms with Gasteiger partial charge in [0.05, 0.1) is 11.4 Å². The van der Waals surface area contributed by atoms with Crippen molar-refractivity contribution in [2.75, 3.05) is 27.2 Å². The average molecular weight is 522 g/mol. The summed E-state index contributed by atoms with van der Waals surface area (Å²) in [5.41, 5.74) is 0.677. The highest BCUT2D eigenvalue weighted by molar-refractivity contribution is 14.0. The minimum Gasteiger partial charge on any atom is -0.357 e. The fraction of sp³-hybridized carbons (Fsp3) is 0.389. The van der Waals surface area contributed by atoms with Crippen molar-refractivity contribution in [1.82, 2.24) is 14.9 Å². The summed E-state index contributed by atoms with van der Waals surface area (Å²) in [5, 5.41) is 8.56. The van der Waals surface area contributed by atoms with E-state index in [1.54, 1.807) is 29.5 Å². The first-order valence-corrected chi connectivity index (χ1v) is 10.8. The van der Waals surface area contributed by atoms with Gasteiger partial charge in [0.15, 0.2) is 5.96 Å². The van der Waals surface area contributed by atoms with E-state index in [-0.39, 0.29) is 30.5 Å². The summed E-state index contributed by atoms with van der Waals surface area (Å²) >= 11 is 1.73. The van der Waals surface area contributed by atoms with Crippen LogP contribution in [0.2, 0.25) is 0 Å². The molecule has 0 unspecified atom stereocenters. The third kappa shape index (κ3) is 7.05. The Balaban J connectivity index is 0.00000364. The normalized spacial score (nSPS) is 11.9. The molecule has 2 N–H and O–H groups in total. The molecule has 27 heavy (non-hydrogen) atoms. The van der Waals surface area contributed by atoms with E-state index in [0.717, 1.165) is 19.5 Å². The maximum absolute atomic E-state index is 12.5. The predicted octanol–water partition coefficient (Wildman–Crippen LogP) is 2.91. The number of aliphatic imine (C=N–C) groups is 1. The van der Waals surface area contributed by atoms with Crippen LogP contribution in [0.15, 0.2) is 51.7 Å². The summed E-state index contributed by atoms with van der Waals surface area (Å²) in [5.74, 6) is 0.682.